The van der Waals surface area contributed by atoms with Crippen LogP contribution in [-0.2, 0) is 20.9 Å². The van der Waals surface area contributed by atoms with E-state index in [9.17, 15) is 26.4 Å². The predicted molar refractivity (Wildman–Crippen MR) is 84.8 cm³/mol. The van der Waals surface area contributed by atoms with Gasteiger partial charge in [-0.25, -0.2) is 13.2 Å². The number of ether oxygens (including phenoxy) is 1. The van der Waals surface area contributed by atoms with Crippen molar-refractivity contribution in [2.24, 2.45) is 0 Å². The molecule has 0 atom stereocenters. The summed E-state index contributed by atoms with van der Waals surface area (Å²) in [6.07, 6.45) is -4.81. The van der Waals surface area contributed by atoms with Gasteiger partial charge in [0.25, 0.3) is 10.0 Å². The van der Waals surface area contributed by atoms with E-state index < -0.39 is 32.6 Å². The van der Waals surface area contributed by atoms with Crippen molar-refractivity contribution in [2.75, 3.05) is 11.8 Å². The van der Waals surface area contributed by atoms with Crippen molar-refractivity contribution in [3.63, 3.8) is 0 Å². The Balaban J connectivity index is 2.43. The van der Waals surface area contributed by atoms with Crippen LogP contribution in [0.4, 0.5) is 18.9 Å². The number of esters is 1. The van der Waals surface area contributed by atoms with Crippen molar-refractivity contribution in [1.82, 2.24) is 0 Å². The molecule has 0 aliphatic rings. The first-order valence-corrected chi connectivity index (χ1v) is 8.42. The average molecular weight is 373 g/mol. The summed E-state index contributed by atoms with van der Waals surface area (Å²) in [5.74, 6) is -0.611. The first kappa shape index (κ1) is 18.8. The van der Waals surface area contributed by atoms with Crippen LogP contribution in [-0.4, -0.2) is 21.5 Å². The minimum Gasteiger partial charge on any atom is -0.465 e. The van der Waals surface area contributed by atoms with Crippen LogP contribution in [0.15, 0.2) is 47.4 Å². The minimum atomic E-state index is -4.81. The quantitative estimate of drug-likeness (QED) is 0.831. The number of carbonyl (C=O) groups is 1. The molecule has 134 valence electrons. The minimum absolute atomic E-state index is 0.0598. The Kier molecular flexibility index (Phi) is 5.07. The highest BCUT2D eigenvalue weighted by Gasteiger charge is 2.37. The van der Waals surface area contributed by atoms with Gasteiger partial charge in [0.1, 0.15) is 0 Å². The maximum absolute atomic E-state index is 13.0. The third-order valence-electron chi connectivity index (χ3n) is 3.37. The number of alkyl halides is 3. The van der Waals surface area contributed by atoms with Gasteiger partial charge >= 0.3 is 12.1 Å². The lowest BCUT2D eigenvalue weighted by Gasteiger charge is -2.15. The highest BCUT2D eigenvalue weighted by Crippen LogP contribution is 2.34. The molecule has 2 rings (SSSR count). The molecular weight excluding hydrogens is 359 g/mol. The molecule has 2 aromatic carbocycles. The highest BCUT2D eigenvalue weighted by atomic mass is 32.2. The lowest BCUT2D eigenvalue weighted by Crippen LogP contribution is -2.19. The molecule has 0 amide bonds. The summed E-state index contributed by atoms with van der Waals surface area (Å²) >= 11 is 0. The van der Waals surface area contributed by atoms with Crippen molar-refractivity contribution in [3.8, 4) is 0 Å². The summed E-state index contributed by atoms with van der Waals surface area (Å²) in [5, 5.41) is 0. The van der Waals surface area contributed by atoms with E-state index in [2.05, 4.69) is 9.46 Å². The van der Waals surface area contributed by atoms with Gasteiger partial charge in [-0.05, 0) is 42.8 Å². The molecule has 1 N–H and O–H groups in total. The number of carbonyl (C=O) groups excluding carboxylic acids is 1. The number of methoxy groups -OCH3 is 1. The molecule has 5 nitrogen and oxygen atoms in total. The fourth-order valence-electron chi connectivity index (χ4n) is 2.16. The monoisotopic (exact) mass is 373 g/mol. The van der Waals surface area contributed by atoms with Crippen molar-refractivity contribution in [1.29, 1.82) is 0 Å². The Hall–Kier alpha value is -2.55. The zero-order valence-corrected chi connectivity index (χ0v) is 14.0. The van der Waals surface area contributed by atoms with E-state index in [1.54, 1.807) is 0 Å². The molecule has 0 aromatic heterocycles. The van der Waals surface area contributed by atoms with E-state index in [4.69, 9.17) is 0 Å². The molecule has 9 heteroatoms. The molecule has 0 unspecified atom stereocenters. The normalized spacial score (nSPS) is 11.9. The Morgan fingerprint density at radius 2 is 1.76 bits per heavy atom. The Labute approximate surface area is 142 Å². The van der Waals surface area contributed by atoms with Crippen molar-refractivity contribution < 1.29 is 31.1 Å². The second-order valence-electron chi connectivity index (χ2n) is 5.12. The summed E-state index contributed by atoms with van der Waals surface area (Å²) < 4.78 is 70.6. The van der Waals surface area contributed by atoms with Crippen LogP contribution >= 0.6 is 0 Å². The van der Waals surface area contributed by atoms with Gasteiger partial charge in [-0.2, -0.15) is 13.2 Å². The second-order valence-corrected chi connectivity index (χ2v) is 6.77. The molecular formula is C16H14F3NO4S. The second kappa shape index (κ2) is 6.75. The first-order chi connectivity index (χ1) is 11.6. The molecule has 2 aromatic rings. The number of rotatable bonds is 4. The molecule has 0 radical (unpaired) electrons. The Morgan fingerprint density at radius 1 is 1.12 bits per heavy atom. The van der Waals surface area contributed by atoms with E-state index in [1.165, 1.54) is 38.3 Å². The molecule has 0 aliphatic heterocycles. The van der Waals surface area contributed by atoms with Gasteiger partial charge in [0, 0.05) is 0 Å². The number of sulfonamides is 1. The molecule has 0 spiro atoms. The van der Waals surface area contributed by atoms with E-state index in [0.29, 0.717) is 11.6 Å². The standard InChI is InChI=1S/C16H14F3NO4S/c1-10-9-11(15(21)24-2)7-8-13(10)20-25(22,23)14-6-4-3-5-12(14)16(17,18)19/h3-9,20H,1-2H3. The fourth-order valence-corrected chi connectivity index (χ4v) is 3.52. The van der Waals surface area contributed by atoms with Crippen LogP contribution in [0.1, 0.15) is 21.5 Å². The van der Waals surface area contributed by atoms with Crippen LogP contribution in [0.3, 0.4) is 0 Å². The van der Waals surface area contributed by atoms with Crippen molar-refractivity contribution in [3.05, 3.63) is 59.2 Å². The largest absolute Gasteiger partial charge is 0.465 e. The summed E-state index contributed by atoms with van der Waals surface area (Å²) in [4.78, 5) is 10.6. The number of hydrogen-bond donors (Lipinski definition) is 1. The molecule has 0 fully saturated rings. The maximum atomic E-state index is 13.0. The first-order valence-electron chi connectivity index (χ1n) is 6.94. The third kappa shape index (κ3) is 4.11. The summed E-state index contributed by atoms with van der Waals surface area (Å²) in [6.45, 7) is 1.51. The average Bonchev–Trinajstić information content (AvgIpc) is 2.55. The van der Waals surface area contributed by atoms with E-state index in [-0.39, 0.29) is 11.3 Å². The van der Waals surface area contributed by atoms with Crippen LogP contribution in [0.2, 0.25) is 0 Å². The topological polar surface area (TPSA) is 72.5 Å². The number of nitrogens with one attached hydrogen (secondary N) is 1. The lowest BCUT2D eigenvalue weighted by molar-refractivity contribution is -0.139. The van der Waals surface area contributed by atoms with E-state index >= 15 is 0 Å². The van der Waals surface area contributed by atoms with Gasteiger partial charge in [0.15, 0.2) is 0 Å². The van der Waals surface area contributed by atoms with Gasteiger partial charge < -0.3 is 4.74 Å². The van der Waals surface area contributed by atoms with Gasteiger partial charge in [-0.3, -0.25) is 4.72 Å². The van der Waals surface area contributed by atoms with Crippen LogP contribution < -0.4 is 4.72 Å². The lowest BCUT2D eigenvalue weighted by atomic mass is 10.1. The van der Waals surface area contributed by atoms with Crippen molar-refractivity contribution in [2.45, 2.75) is 18.0 Å². The molecule has 25 heavy (non-hydrogen) atoms. The Morgan fingerprint density at radius 3 is 2.32 bits per heavy atom. The van der Waals surface area contributed by atoms with Gasteiger partial charge in [-0.1, -0.05) is 12.1 Å². The molecule has 0 saturated carbocycles. The fraction of sp³-hybridized carbons (Fsp3) is 0.188. The zero-order valence-electron chi connectivity index (χ0n) is 13.2. The van der Waals surface area contributed by atoms with Gasteiger partial charge in [0.05, 0.1) is 28.8 Å². The summed E-state index contributed by atoms with van der Waals surface area (Å²) in [7, 11) is -3.28. The summed E-state index contributed by atoms with van der Waals surface area (Å²) in [6, 6.07) is 7.86. The van der Waals surface area contributed by atoms with Crippen LogP contribution in [0, 0.1) is 6.92 Å². The number of halogens is 3. The Bertz CT molecular complexity index is 908. The van der Waals surface area contributed by atoms with Gasteiger partial charge in [0.2, 0.25) is 0 Å². The number of hydrogen-bond acceptors (Lipinski definition) is 4. The van der Waals surface area contributed by atoms with E-state index in [1.807, 2.05) is 0 Å². The van der Waals surface area contributed by atoms with Crippen LogP contribution in [0.5, 0.6) is 0 Å². The smallest absolute Gasteiger partial charge is 0.417 e. The highest BCUT2D eigenvalue weighted by molar-refractivity contribution is 7.92. The maximum Gasteiger partial charge on any atom is 0.417 e. The SMILES string of the molecule is COC(=O)c1ccc(NS(=O)(=O)c2ccccc2C(F)(F)F)c(C)c1. The third-order valence-corrected chi connectivity index (χ3v) is 4.80. The number of anilines is 1. The predicted octanol–water partition coefficient (Wildman–Crippen LogP) is 3.60. The molecule has 0 saturated heterocycles. The van der Waals surface area contributed by atoms with Gasteiger partial charge in [-0.15, -0.1) is 0 Å². The van der Waals surface area contributed by atoms with Crippen LogP contribution in [0.25, 0.3) is 0 Å². The number of benzene rings is 2. The van der Waals surface area contributed by atoms with Crippen molar-refractivity contribution >= 4 is 21.7 Å². The number of aryl methyl sites for hydroxylation is 1. The van der Waals surface area contributed by atoms with E-state index in [0.717, 1.165) is 12.1 Å². The zero-order chi connectivity index (χ0) is 18.8. The molecule has 0 bridgehead atoms. The summed E-state index contributed by atoms with van der Waals surface area (Å²) in [5.41, 5.74) is -0.648. The molecule has 0 aliphatic carbocycles. The molecule has 0 heterocycles.